The minimum absolute atomic E-state index is 0.0435. The van der Waals surface area contributed by atoms with Gasteiger partial charge in [-0.25, -0.2) is 4.98 Å². The standard InChI is InChI=1S/C25H28ClN3O3/c1-17-22(28-25(32-17)18-8-5-10-21(26)13-18)16-29-12-6-9-20(15-29)24(30)27-14-19-7-3-4-11-23(19)31-2/h3-5,7-8,10-11,13,20H,6,9,12,14-16H2,1-2H3,(H,27,30). The monoisotopic (exact) mass is 453 g/mol. The van der Waals surface area contributed by atoms with Gasteiger partial charge in [-0.05, 0) is 50.6 Å². The number of hydrogen-bond acceptors (Lipinski definition) is 5. The number of para-hydroxylation sites is 1. The number of hydrogen-bond donors (Lipinski definition) is 1. The van der Waals surface area contributed by atoms with E-state index < -0.39 is 0 Å². The number of oxazole rings is 1. The number of ether oxygens (including phenoxy) is 1. The molecule has 1 aliphatic rings. The molecular formula is C25H28ClN3O3. The molecule has 0 saturated carbocycles. The molecule has 1 fully saturated rings. The highest BCUT2D eigenvalue weighted by atomic mass is 35.5. The Kier molecular flexibility index (Phi) is 7.12. The molecule has 1 aromatic heterocycles. The van der Waals surface area contributed by atoms with E-state index in [4.69, 9.17) is 25.7 Å². The van der Waals surface area contributed by atoms with Crippen molar-refractivity contribution in [3.05, 3.63) is 70.6 Å². The van der Waals surface area contributed by atoms with Gasteiger partial charge in [0.05, 0.1) is 18.7 Å². The molecule has 2 heterocycles. The summed E-state index contributed by atoms with van der Waals surface area (Å²) in [5, 5.41) is 3.73. The number of piperidine rings is 1. The van der Waals surface area contributed by atoms with Gasteiger partial charge in [0.25, 0.3) is 0 Å². The van der Waals surface area contributed by atoms with Crippen molar-refractivity contribution in [2.45, 2.75) is 32.9 Å². The minimum Gasteiger partial charge on any atom is -0.496 e. The van der Waals surface area contributed by atoms with Crippen molar-refractivity contribution in [3.8, 4) is 17.2 Å². The van der Waals surface area contributed by atoms with E-state index in [1.54, 1.807) is 7.11 Å². The van der Waals surface area contributed by atoms with Crippen LogP contribution in [-0.4, -0.2) is 36.0 Å². The summed E-state index contributed by atoms with van der Waals surface area (Å²) < 4.78 is 11.3. The van der Waals surface area contributed by atoms with Gasteiger partial charge < -0.3 is 14.5 Å². The van der Waals surface area contributed by atoms with Crippen molar-refractivity contribution in [2.75, 3.05) is 20.2 Å². The fourth-order valence-corrected chi connectivity index (χ4v) is 4.31. The number of nitrogens with zero attached hydrogens (tertiary/aromatic N) is 2. The Hall–Kier alpha value is -2.83. The van der Waals surface area contributed by atoms with Crippen LogP contribution >= 0.6 is 11.6 Å². The number of carbonyl (C=O) groups excluding carboxylic acids is 1. The molecule has 2 aromatic carbocycles. The molecule has 32 heavy (non-hydrogen) atoms. The van der Waals surface area contributed by atoms with Gasteiger partial charge in [-0.3, -0.25) is 9.69 Å². The summed E-state index contributed by atoms with van der Waals surface area (Å²) in [7, 11) is 1.64. The van der Waals surface area contributed by atoms with Crippen LogP contribution in [0.3, 0.4) is 0 Å². The summed E-state index contributed by atoms with van der Waals surface area (Å²) in [6, 6.07) is 15.2. The van der Waals surface area contributed by atoms with Gasteiger partial charge in [0, 0.05) is 35.8 Å². The van der Waals surface area contributed by atoms with E-state index in [-0.39, 0.29) is 11.8 Å². The maximum Gasteiger partial charge on any atom is 0.226 e. The van der Waals surface area contributed by atoms with E-state index in [9.17, 15) is 4.79 Å². The second-order valence-corrected chi connectivity index (χ2v) is 8.57. The first-order valence-corrected chi connectivity index (χ1v) is 11.3. The molecule has 4 rings (SSSR count). The van der Waals surface area contributed by atoms with Crippen LogP contribution in [0.1, 0.15) is 29.9 Å². The van der Waals surface area contributed by atoms with Crippen LogP contribution in [0.4, 0.5) is 0 Å². The van der Waals surface area contributed by atoms with Crippen molar-refractivity contribution < 1.29 is 13.9 Å². The summed E-state index contributed by atoms with van der Waals surface area (Å²) in [5.41, 5.74) is 2.73. The summed E-state index contributed by atoms with van der Waals surface area (Å²) in [6.45, 7) is 4.69. The highest BCUT2D eigenvalue weighted by molar-refractivity contribution is 6.30. The van der Waals surface area contributed by atoms with Crippen molar-refractivity contribution >= 4 is 17.5 Å². The fraction of sp³-hybridized carbons (Fsp3) is 0.360. The second-order valence-electron chi connectivity index (χ2n) is 8.14. The predicted octanol–water partition coefficient (Wildman–Crippen LogP) is 4.84. The third-order valence-electron chi connectivity index (χ3n) is 5.86. The maximum atomic E-state index is 12.8. The quantitative estimate of drug-likeness (QED) is 0.554. The smallest absolute Gasteiger partial charge is 0.226 e. The van der Waals surface area contributed by atoms with Crippen molar-refractivity contribution in [2.24, 2.45) is 5.92 Å². The van der Waals surface area contributed by atoms with Crippen LogP contribution < -0.4 is 10.1 Å². The molecule has 168 valence electrons. The average molecular weight is 454 g/mol. The SMILES string of the molecule is COc1ccccc1CNC(=O)C1CCCN(Cc2nc(-c3cccc(Cl)c3)oc2C)C1. The van der Waals surface area contributed by atoms with Gasteiger partial charge >= 0.3 is 0 Å². The largest absolute Gasteiger partial charge is 0.496 e. The number of aryl methyl sites for hydroxylation is 1. The van der Waals surface area contributed by atoms with Crippen molar-refractivity contribution in [1.29, 1.82) is 0 Å². The van der Waals surface area contributed by atoms with Gasteiger partial charge in [0.2, 0.25) is 11.8 Å². The molecule has 7 heteroatoms. The number of carbonyl (C=O) groups is 1. The lowest BCUT2D eigenvalue weighted by Gasteiger charge is -2.31. The molecule has 1 amide bonds. The van der Waals surface area contributed by atoms with Gasteiger partial charge in [-0.15, -0.1) is 0 Å². The molecule has 1 unspecified atom stereocenters. The Balaban J connectivity index is 1.36. The van der Waals surface area contributed by atoms with Crippen LogP contribution in [0.2, 0.25) is 5.02 Å². The number of amides is 1. The van der Waals surface area contributed by atoms with Crippen LogP contribution in [0.15, 0.2) is 52.9 Å². The van der Waals surface area contributed by atoms with Gasteiger partial charge in [0.1, 0.15) is 11.5 Å². The molecule has 0 spiro atoms. The summed E-state index contributed by atoms with van der Waals surface area (Å²) in [6.07, 6.45) is 1.87. The summed E-state index contributed by atoms with van der Waals surface area (Å²) in [5.74, 6) is 2.19. The average Bonchev–Trinajstić information content (AvgIpc) is 3.18. The number of methoxy groups -OCH3 is 1. The Morgan fingerprint density at radius 1 is 1.28 bits per heavy atom. The zero-order valence-electron chi connectivity index (χ0n) is 18.4. The molecular weight excluding hydrogens is 426 g/mol. The number of nitrogens with one attached hydrogen (secondary N) is 1. The van der Waals surface area contributed by atoms with Crippen LogP contribution in [0, 0.1) is 12.8 Å². The first-order valence-electron chi connectivity index (χ1n) is 10.9. The summed E-state index contributed by atoms with van der Waals surface area (Å²) >= 11 is 6.10. The third-order valence-corrected chi connectivity index (χ3v) is 6.09. The highest BCUT2D eigenvalue weighted by Gasteiger charge is 2.27. The Labute approximate surface area is 193 Å². The van der Waals surface area contributed by atoms with Crippen molar-refractivity contribution in [1.82, 2.24) is 15.2 Å². The molecule has 0 radical (unpaired) electrons. The van der Waals surface area contributed by atoms with E-state index in [2.05, 4.69) is 10.2 Å². The van der Waals surface area contributed by atoms with Crippen molar-refractivity contribution in [3.63, 3.8) is 0 Å². The highest BCUT2D eigenvalue weighted by Crippen LogP contribution is 2.26. The molecule has 0 bridgehead atoms. The number of halogens is 1. The van der Waals surface area contributed by atoms with Crippen LogP contribution in [0.25, 0.3) is 11.5 Å². The molecule has 0 aliphatic carbocycles. The van der Waals surface area contributed by atoms with E-state index >= 15 is 0 Å². The number of likely N-dealkylation sites (tertiary alicyclic amines) is 1. The second kappa shape index (κ2) is 10.2. The number of rotatable bonds is 7. The van der Waals surface area contributed by atoms with E-state index in [1.165, 1.54) is 0 Å². The van der Waals surface area contributed by atoms with Crippen LogP contribution in [0.5, 0.6) is 5.75 Å². The Morgan fingerprint density at radius 3 is 2.94 bits per heavy atom. The molecule has 1 saturated heterocycles. The number of benzene rings is 2. The summed E-state index contributed by atoms with van der Waals surface area (Å²) in [4.78, 5) is 19.8. The molecule has 6 nitrogen and oxygen atoms in total. The fourth-order valence-electron chi connectivity index (χ4n) is 4.12. The zero-order valence-corrected chi connectivity index (χ0v) is 19.2. The lowest BCUT2D eigenvalue weighted by Crippen LogP contribution is -2.42. The van der Waals surface area contributed by atoms with Gasteiger partial charge in [0.15, 0.2) is 0 Å². The Bertz CT molecular complexity index is 1080. The predicted molar refractivity (Wildman–Crippen MR) is 125 cm³/mol. The normalized spacial score (nSPS) is 16.7. The number of aromatic nitrogens is 1. The van der Waals surface area contributed by atoms with E-state index in [0.717, 1.165) is 47.7 Å². The minimum atomic E-state index is -0.0435. The topological polar surface area (TPSA) is 67.6 Å². The third kappa shape index (κ3) is 5.31. The van der Waals surface area contributed by atoms with Gasteiger partial charge in [-0.2, -0.15) is 0 Å². The maximum absolute atomic E-state index is 12.8. The molecule has 1 aliphatic heterocycles. The lowest BCUT2D eigenvalue weighted by atomic mass is 9.97. The molecule has 3 aromatic rings. The van der Waals surface area contributed by atoms with E-state index in [0.29, 0.717) is 30.5 Å². The van der Waals surface area contributed by atoms with Crippen LogP contribution in [-0.2, 0) is 17.9 Å². The Morgan fingerprint density at radius 2 is 2.12 bits per heavy atom. The van der Waals surface area contributed by atoms with E-state index in [1.807, 2.05) is 55.5 Å². The zero-order chi connectivity index (χ0) is 22.5. The molecule has 1 atom stereocenters. The first-order chi connectivity index (χ1) is 15.5. The lowest BCUT2D eigenvalue weighted by molar-refractivity contribution is -0.127. The molecule has 1 N–H and O–H groups in total. The first kappa shape index (κ1) is 22.4. The van der Waals surface area contributed by atoms with Gasteiger partial charge in [-0.1, -0.05) is 35.9 Å².